The number of tetrazole rings is 1. The van der Waals surface area contributed by atoms with Gasteiger partial charge < -0.3 is 14.4 Å². The summed E-state index contributed by atoms with van der Waals surface area (Å²) in [7, 11) is 3.43. The van der Waals surface area contributed by atoms with E-state index in [2.05, 4.69) is 54.3 Å². The predicted octanol–water partition coefficient (Wildman–Crippen LogP) is 4.14. The molecule has 0 radical (unpaired) electrons. The summed E-state index contributed by atoms with van der Waals surface area (Å²) in [5.74, 6) is 2.68. The van der Waals surface area contributed by atoms with Crippen molar-refractivity contribution in [1.82, 2.24) is 25.1 Å². The quantitative estimate of drug-likeness (QED) is 0.499. The van der Waals surface area contributed by atoms with Crippen LogP contribution in [0.25, 0.3) is 0 Å². The summed E-state index contributed by atoms with van der Waals surface area (Å²) in [6.07, 6.45) is 4.76. The monoisotopic (exact) mass is 484 g/mol. The molecule has 0 bridgehead atoms. The molecule has 0 N–H and O–H groups in total. The molecule has 2 aliphatic rings. The van der Waals surface area contributed by atoms with Crippen molar-refractivity contribution in [3.8, 4) is 11.5 Å². The Labute approximate surface area is 207 Å². The molecule has 0 spiro atoms. The van der Waals surface area contributed by atoms with Gasteiger partial charge in [-0.05, 0) is 53.6 Å². The minimum absolute atomic E-state index is 0. The molecule has 1 aliphatic heterocycles. The van der Waals surface area contributed by atoms with E-state index in [1.165, 1.54) is 18.5 Å². The molecule has 1 aromatic heterocycles. The number of ether oxygens (including phenoxy) is 2. The first-order valence-electron chi connectivity index (χ1n) is 11.8. The van der Waals surface area contributed by atoms with E-state index in [-0.39, 0.29) is 18.4 Å². The van der Waals surface area contributed by atoms with Crippen molar-refractivity contribution >= 4 is 18.1 Å². The number of para-hydroxylation sites is 1. The van der Waals surface area contributed by atoms with Gasteiger partial charge in [-0.1, -0.05) is 31.0 Å². The molecule has 1 saturated heterocycles. The highest BCUT2D eigenvalue weighted by molar-refractivity contribution is 5.85. The Morgan fingerprint density at radius 1 is 0.882 bits per heavy atom. The number of benzene rings is 2. The molecule has 5 rings (SSSR count). The van der Waals surface area contributed by atoms with Gasteiger partial charge in [0.1, 0.15) is 17.5 Å². The van der Waals surface area contributed by atoms with Crippen LogP contribution in [0.1, 0.15) is 49.2 Å². The molecule has 1 saturated carbocycles. The van der Waals surface area contributed by atoms with Gasteiger partial charge >= 0.3 is 0 Å². The van der Waals surface area contributed by atoms with Crippen LogP contribution in [-0.2, 0) is 0 Å². The van der Waals surface area contributed by atoms with Crippen LogP contribution in [0.3, 0.4) is 0 Å². The Bertz CT molecular complexity index is 1050. The Balaban J connectivity index is 0.00000274. The molecule has 3 aromatic rings. The van der Waals surface area contributed by atoms with E-state index in [1.54, 1.807) is 14.2 Å². The van der Waals surface area contributed by atoms with E-state index in [4.69, 9.17) is 9.47 Å². The van der Waals surface area contributed by atoms with E-state index in [0.29, 0.717) is 6.04 Å². The molecule has 8 nitrogen and oxygen atoms in total. The first kappa shape index (κ1) is 24.3. The summed E-state index contributed by atoms with van der Waals surface area (Å²) in [5, 5.41) is 13.1. The maximum Gasteiger partial charge on any atom is 0.173 e. The minimum atomic E-state index is -0.0465. The largest absolute Gasteiger partial charge is 0.497 e. The van der Waals surface area contributed by atoms with Crippen LogP contribution in [0.5, 0.6) is 11.5 Å². The van der Waals surface area contributed by atoms with Crippen molar-refractivity contribution in [3.63, 3.8) is 0 Å². The summed E-state index contributed by atoms with van der Waals surface area (Å²) < 4.78 is 13.2. The first-order chi connectivity index (χ1) is 16.3. The second kappa shape index (κ2) is 11.1. The van der Waals surface area contributed by atoms with Gasteiger partial charge in [0.2, 0.25) is 0 Å². The molecule has 34 heavy (non-hydrogen) atoms. The third-order valence-corrected chi connectivity index (χ3v) is 6.98. The van der Waals surface area contributed by atoms with Crippen molar-refractivity contribution in [2.24, 2.45) is 0 Å². The Morgan fingerprint density at radius 3 is 2.26 bits per heavy atom. The number of piperazine rings is 1. The van der Waals surface area contributed by atoms with Gasteiger partial charge in [-0.15, -0.1) is 17.5 Å². The van der Waals surface area contributed by atoms with Crippen molar-refractivity contribution in [1.29, 1.82) is 0 Å². The van der Waals surface area contributed by atoms with Gasteiger partial charge in [0.05, 0.1) is 20.3 Å². The van der Waals surface area contributed by atoms with E-state index in [0.717, 1.165) is 61.9 Å². The SMILES string of the molecule is COc1ccc(N2CCN(C(c3ccccc3OC)c3nnnn3C3CCCC3)CC2)cc1.Cl. The normalized spacial score (nSPS) is 17.9. The number of aromatic nitrogens is 4. The van der Waals surface area contributed by atoms with Crippen molar-refractivity contribution in [2.75, 3.05) is 45.3 Å². The highest BCUT2D eigenvalue weighted by atomic mass is 35.5. The Kier molecular flexibility index (Phi) is 7.90. The van der Waals surface area contributed by atoms with Crippen LogP contribution in [0, 0.1) is 0 Å². The second-order valence-electron chi connectivity index (χ2n) is 8.79. The highest BCUT2D eigenvalue weighted by Crippen LogP contribution is 2.37. The zero-order chi connectivity index (χ0) is 22.6. The van der Waals surface area contributed by atoms with Crippen molar-refractivity contribution < 1.29 is 9.47 Å². The average Bonchev–Trinajstić information content (AvgIpc) is 3.57. The fourth-order valence-electron chi connectivity index (χ4n) is 5.21. The fraction of sp³-hybridized carbons (Fsp3) is 0.480. The number of hydrogen-bond acceptors (Lipinski definition) is 7. The van der Waals surface area contributed by atoms with Gasteiger partial charge in [0.15, 0.2) is 5.82 Å². The van der Waals surface area contributed by atoms with E-state index in [9.17, 15) is 0 Å². The maximum absolute atomic E-state index is 5.77. The zero-order valence-electron chi connectivity index (χ0n) is 19.8. The summed E-state index contributed by atoms with van der Waals surface area (Å²) in [6.45, 7) is 3.69. The van der Waals surface area contributed by atoms with Gasteiger partial charge in [-0.2, -0.15) is 0 Å². The molecule has 182 valence electrons. The molecule has 2 heterocycles. The summed E-state index contributed by atoms with van der Waals surface area (Å²) in [4.78, 5) is 4.92. The maximum atomic E-state index is 5.77. The zero-order valence-corrected chi connectivity index (χ0v) is 20.7. The van der Waals surface area contributed by atoms with E-state index in [1.807, 2.05) is 24.3 Å². The highest BCUT2D eigenvalue weighted by Gasteiger charge is 2.34. The van der Waals surface area contributed by atoms with Crippen LogP contribution >= 0.6 is 12.4 Å². The van der Waals surface area contributed by atoms with E-state index >= 15 is 0 Å². The van der Waals surface area contributed by atoms with Gasteiger partial charge in [0, 0.05) is 37.4 Å². The van der Waals surface area contributed by atoms with Gasteiger partial charge in [0.25, 0.3) is 0 Å². The lowest BCUT2D eigenvalue weighted by atomic mass is 10.0. The number of halogens is 1. The molecule has 1 aliphatic carbocycles. The Morgan fingerprint density at radius 2 is 1.59 bits per heavy atom. The lowest BCUT2D eigenvalue weighted by molar-refractivity contribution is 0.194. The minimum Gasteiger partial charge on any atom is -0.497 e. The van der Waals surface area contributed by atoms with Gasteiger partial charge in [-0.3, -0.25) is 4.90 Å². The number of anilines is 1. The lowest BCUT2D eigenvalue weighted by Gasteiger charge is -2.40. The van der Waals surface area contributed by atoms with Crippen LogP contribution < -0.4 is 14.4 Å². The van der Waals surface area contributed by atoms with Crippen LogP contribution in [0.4, 0.5) is 5.69 Å². The van der Waals surface area contributed by atoms with E-state index < -0.39 is 0 Å². The number of nitrogens with zero attached hydrogens (tertiary/aromatic N) is 6. The fourth-order valence-corrected chi connectivity index (χ4v) is 5.21. The molecule has 1 atom stereocenters. The number of methoxy groups -OCH3 is 2. The van der Waals surface area contributed by atoms with Crippen LogP contribution in [0.15, 0.2) is 48.5 Å². The summed E-state index contributed by atoms with van der Waals surface area (Å²) in [5.41, 5.74) is 2.34. The third-order valence-electron chi connectivity index (χ3n) is 6.98. The molecule has 9 heteroatoms. The molecule has 2 aromatic carbocycles. The predicted molar refractivity (Wildman–Crippen MR) is 134 cm³/mol. The number of rotatable bonds is 7. The van der Waals surface area contributed by atoms with Crippen molar-refractivity contribution in [3.05, 3.63) is 59.9 Å². The molecular formula is C25H33ClN6O2. The third kappa shape index (κ3) is 4.83. The van der Waals surface area contributed by atoms with Crippen molar-refractivity contribution in [2.45, 2.75) is 37.8 Å². The summed E-state index contributed by atoms with van der Waals surface area (Å²) >= 11 is 0. The smallest absolute Gasteiger partial charge is 0.173 e. The molecule has 1 unspecified atom stereocenters. The van der Waals surface area contributed by atoms with Crippen LogP contribution in [-0.4, -0.2) is 65.5 Å². The Hall–Kier alpha value is -2.84. The van der Waals surface area contributed by atoms with Crippen LogP contribution in [0.2, 0.25) is 0 Å². The summed E-state index contributed by atoms with van der Waals surface area (Å²) in [6, 6.07) is 16.9. The first-order valence-corrected chi connectivity index (χ1v) is 11.8. The molecule has 2 fully saturated rings. The average molecular weight is 485 g/mol. The number of hydrogen-bond donors (Lipinski definition) is 0. The molecule has 0 amide bonds. The topological polar surface area (TPSA) is 68.5 Å². The van der Waals surface area contributed by atoms with Gasteiger partial charge in [-0.25, -0.2) is 4.68 Å². The second-order valence-corrected chi connectivity index (χ2v) is 8.79. The molecular weight excluding hydrogens is 452 g/mol. The standard InChI is InChI=1S/C25H32N6O2.ClH/c1-32-21-13-11-19(12-14-21)29-15-17-30(18-16-29)24(22-9-5-6-10-23(22)33-2)25-26-27-28-31(25)20-7-3-4-8-20;/h5-6,9-14,20,24H,3-4,7-8,15-18H2,1-2H3;1H. The lowest BCUT2D eigenvalue weighted by Crippen LogP contribution is -2.48.